The number of halogens is 1. The average Bonchev–Trinajstić information content (AvgIpc) is 3.39. The third-order valence-electron chi connectivity index (χ3n) is 4.01. The second-order valence-electron chi connectivity index (χ2n) is 5.73. The van der Waals surface area contributed by atoms with Crippen molar-refractivity contribution in [3.8, 4) is 11.1 Å². The number of hydrogen-bond donors (Lipinski definition) is 1. The normalized spacial score (nSPS) is 14.0. The highest BCUT2D eigenvalue weighted by atomic mass is 19.1. The molecule has 114 valence electrons. The number of hydrogen-bond acceptors (Lipinski definition) is 4. The third kappa shape index (κ3) is 2.65. The molecule has 23 heavy (non-hydrogen) atoms. The summed E-state index contributed by atoms with van der Waals surface area (Å²) in [6.07, 6.45) is 4.40. The highest BCUT2D eigenvalue weighted by Gasteiger charge is 2.22. The van der Waals surface area contributed by atoms with Gasteiger partial charge in [0.05, 0.1) is 11.1 Å². The van der Waals surface area contributed by atoms with Gasteiger partial charge in [-0.2, -0.15) is 0 Å². The van der Waals surface area contributed by atoms with Crippen molar-refractivity contribution in [3.63, 3.8) is 0 Å². The molecule has 1 N–H and O–H groups in total. The van der Waals surface area contributed by atoms with Gasteiger partial charge in [0.1, 0.15) is 18.0 Å². The van der Waals surface area contributed by atoms with Gasteiger partial charge in [-0.05, 0) is 48.2 Å². The van der Waals surface area contributed by atoms with E-state index >= 15 is 0 Å². The van der Waals surface area contributed by atoms with E-state index in [2.05, 4.69) is 15.3 Å². The molecule has 0 atom stereocenters. The Morgan fingerprint density at radius 2 is 1.87 bits per heavy atom. The standard InChI is InChI=1S/C18H14FN3O/c19-16-5-1-11(7-13(16)9-23)12-2-6-17-15(8-12)18(21-10-20-17)22-14-3-4-14/h1-2,5-10,14H,3-4H2,(H,20,21,22). The number of carbonyl (C=O) groups is 1. The molecule has 3 aromatic rings. The van der Waals surface area contributed by atoms with E-state index in [0.717, 1.165) is 40.7 Å². The number of benzene rings is 2. The van der Waals surface area contributed by atoms with E-state index in [1.165, 1.54) is 6.07 Å². The molecule has 1 aliphatic rings. The van der Waals surface area contributed by atoms with E-state index < -0.39 is 5.82 Å². The van der Waals surface area contributed by atoms with Gasteiger partial charge in [0.2, 0.25) is 0 Å². The Kier molecular flexibility index (Phi) is 3.26. The first-order valence-corrected chi connectivity index (χ1v) is 7.51. The van der Waals surface area contributed by atoms with Gasteiger partial charge >= 0.3 is 0 Å². The Bertz CT molecular complexity index is 906. The first kappa shape index (κ1) is 13.8. The Hall–Kier alpha value is -2.82. The van der Waals surface area contributed by atoms with Gasteiger partial charge in [-0.3, -0.25) is 4.79 Å². The molecule has 1 saturated carbocycles. The molecule has 1 aromatic heterocycles. The maximum atomic E-state index is 13.5. The number of fused-ring (bicyclic) bond motifs is 1. The minimum atomic E-state index is -0.510. The molecule has 1 fully saturated rings. The van der Waals surface area contributed by atoms with E-state index in [1.54, 1.807) is 18.5 Å². The molecule has 2 aromatic carbocycles. The topological polar surface area (TPSA) is 54.9 Å². The van der Waals surface area contributed by atoms with Crippen LogP contribution in [0.2, 0.25) is 0 Å². The van der Waals surface area contributed by atoms with Crippen molar-refractivity contribution in [2.24, 2.45) is 0 Å². The van der Waals surface area contributed by atoms with Crippen molar-refractivity contribution in [1.29, 1.82) is 0 Å². The molecule has 1 aliphatic carbocycles. The van der Waals surface area contributed by atoms with Crippen LogP contribution in [0.4, 0.5) is 10.2 Å². The zero-order valence-electron chi connectivity index (χ0n) is 12.3. The number of carbonyl (C=O) groups excluding carboxylic acids is 1. The van der Waals surface area contributed by atoms with Crippen LogP contribution in [-0.2, 0) is 0 Å². The van der Waals surface area contributed by atoms with Crippen molar-refractivity contribution in [1.82, 2.24) is 9.97 Å². The van der Waals surface area contributed by atoms with Crippen LogP contribution in [0, 0.1) is 5.82 Å². The maximum Gasteiger partial charge on any atom is 0.153 e. The summed E-state index contributed by atoms with van der Waals surface area (Å²) in [6, 6.07) is 10.8. The predicted molar refractivity (Wildman–Crippen MR) is 87.0 cm³/mol. The van der Waals surface area contributed by atoms with Crippen LogP contribution in [0.15, 0.2) is 42.7 Å². The molecule has 0 aliphatic heterocycles. The lowest BCUT2D eigenvalue weighted by molar-refractivity contribution is 0.112. The van der Waals surface area contributed by atoms with E-state index in [4.69, 9.17) is 0 Å². The van der Waals surface area contributed by atoms with Crippen molar-refractivity contribution >= 4 is 23.0 Å². The lowest BCUT2D eigenvalue weighted by atomic mass is 10.0. The summed E-state index contributed by atoms with van der Waals surface area (Å²) < 4.78 is 13.5. The summed E-state index contributed by atoms with van der Waals surface area (Å²) in [4.78, 5) is 19.6. The minimum Gasteiger partial charge on any atom is -0.367 e. The molecule has 0 radical (unpaired) electrons. The predicted octanol–water partition coefficient (Wildman–Crippen LogP) is 3.82. The number of nitrogens with one attached hydrogen (secondary N) is 1. The molecular weight excluding hydrogens is 293 g/mol. The van der Waals surface area contributed by atoms with Gasteiger partial charge in [-0.25, -0.2) is 14.4 Å². The lowest BCUT2D eigenvalue weighted by Gasteiger charge is -2.09. The summed E-state index contributed by atoms with van der Waals surface area (Å²) in [7, 11) is 0. The molecule has 5 heteroatoms. The van der Waals surface area contributed by atoms with Crippen LogP contribution in [0.5, 0.6) is 0 Å². The van der Waals surface area contributed by atoms with Crippen LogP contribution in [0.25, 0.3) is 22.0 Å². The second-order valence-corrected chi connectivity index (χ2v) is 5.73. The number of aldehydes is 1. The monoisotopic (exact) mass is 307 g/mol. The molecular formula is C18H14FN3O. The fraction of sp³-hybridized carbons (Fsp3) is 0.167. The van der Waals surface area contributed by atoms with E-state index in [1.807, 2.05) is 18.2 Å². The minimum absolute atomic E-state index is 0.0586. The van der Waals surface area contributed by atoms with E-state index in [0.29, 0.717) is 12.3 Å². The molecule has 4 nitrogen and oxygen atoms in total. The number of anilines is 1. The van der Waals surface area contributed by atoms with E-state index in [9.17, 15) is 9.18 Å². The molecule has 0 unspecified atom stereocenters. The lowest BCUT2D eigenvalue weighted by Crippen LogP contribution is -2.04. The largest absolute Gasteiger partial charge is 0.367 e. The Labute approximate surface area is 132 Å². The first-order chi connectivity index (χ1) is 11.2. The highest BCUT2D eigenvalue weighted by Crippen LogP contribution is 2.30. The fourth-order valence-electron chi connectivity index (χ4n) is 2.59. The zero-order valence-corrected chi connectivity index (χ0v) is 12.3. The van der Waals surface area contributed by atoms with Gasteiger partial charge < -0.3 is 5.32 Å². The van der Waals surface area contributed by atoms with Crippen molar-refractivity contribution < 1.29 is 9.18 Å². The highest BCUT2D eigenvalue weighted by molar-refractivity contribution is 5.93. The van der Waals surface area contributed by atoms with Crippen molar-refractivity contribution in [2.75, 3.05) is 5.32 Å². The number of aromatic nitrogens is 2. The third-order valence-corrected chi connectivity index (χ3v) is 4.01. The summed E-state index contributed by atoms with van der Waals surface area (Å²) in [5.74, 6) is 0.307. The molecule has 0 spiro atoms. The molecule has 0 bridgehead atoms. The number of nitrogens with zero attached hydrogens (tertiary/aromatic N) is 2. The SMILES string of the molecule is O=Cc1cc(-c2ccc3ncnc(NC4CC4)c3c2)ccc1F. The van der Waals surface area contributed by atoms with Crippen molar-refractivity contribution in [3.05, 3.63) is 54.1 Å². The number of rotatable bonds is 4. The molecule has 0 saturated heterocycles. The average molecular weight is 307 g/mol. The summed E-state index contributed by atoms with van der Waals surface area (Å²) in [5, 5.41) is 4.33. The summed E-state index contributed by atoms with van der Waals surface area (Å²) in [5.41, 5.74) is 2.60. The van der Waals surface area contributed by atoms with Crippen LogP contribution in [0.1, 0.15) is 23.2 Å². The molecule has 1 heterocycles. The smallest absolute Gasteiger partial charge is 0.153 e. The van der Waals surface area contributed by atoms with Gasteiger partial charge in [0.25, 0.3) is 0 Å². The Balaban J connectivity index is 1.82. The molecule has 4 rings (SSSR count). The second kappa shape index (κ2) is 5.43. The quantitative estimate of drug-likeness (QED) is 0.744. The summed E-state index contributed by atoms with van der Waals surface area (Å²) >= 11 is 0. The Morgan fingerprint density at radius 3 is 2.65 bits per heavy atom. The summed E-state index contributed by atoms with van der Waals surface area (Å²) in [6.45, 7) is 0. The maximum absolute atomic E-state index is 13.5. The van der Waals surface area contributed by atoms with Crippen LogP contribution < -0.4 is 5.32 Å². The fourth-order valence-corrected chi connectivity index (χ4v) is 2.59. The van der Waals surface area contributed by atoms with Crippen LogP contribution in [-0.4, -0.2) is 22.3 Å². The zero-order chi connectivity index (χ0) is 15.8. The van der Waals surface area contributed by atoms with Crippen LogP contribution in [0.3, 0.4) is 0 Å². The van der Waals surface area contributed by atoms with Crippen molar-refractivity contribution in [2.45, 2.75) is 18.9 Å². The molecule has 0 amide bonds. The Morgan fingerprint density at radius 1 is 1.09 bits per heavy atom. The van der Waals surface area contributed by atoms with Gasteiger partial charge in [0, 0.05) is 11.4 Å². The first-order valence-electron chi connectivity index (χ1n) is 7.51. The van der Waals surface area contributed by atoms with E-state index in [-0.39, 0.29) is 5.56 Å². The van der Waals surface area contributed by atoms with Gasteiger partial charge in [0.15, 0.2) is 6.29 Å². The van der Waals surface area contributed by atoms with Crippen LogP contribution >= 0.6 is 0 Å². The van der Waals surface area contributed by atoms with Gasteiger partial charge in [-0.15, -0.1) is 0 Å². The van der Waals surface area contributed by atoms with Gasteiger partial charge in [-0.1, -0.05) is 12.1 Å².